The first-order valence-corrected chi connectivity index (χ1v) is 6.26. The van der Waals surface area contributed by atoms with Gasteiger partial charge in [0.15, 0.2) is 0 Å². The number of hydrogen-bond donors (Lipinski definition) is 1. The highest BCUT2D eigenvalue weighted by Crippen LogP contribution is 2.25. The van der Waals surface area contributed by atoms with Crippen molar-refractivity contribution in [3.8, 4) is 0 Å². The summed E-state index contributed by atoms with van der Waals surface area (Å²) in [5, 5.41) is 12.1. The number of aromatic nitrogens is 1. The molecule has 3 heteroatoms. The second kappa shape index (κ2) is 5.23. The van der Waals surface area contributed by atoms with Gasteiger partial charge in [-0.15, -0.1) is 11.3 Å². The van der Waals surface area contributed by atoms with Crippen LogP contribution in [0.1, 0.15) is 28.5 Å². The summed E-state index contributed by atoms with van der Waals surface area (Å²) < 4.78 is 0. The van der Waals surface area contributed by atoms with E-state index in [-0.39, 0.29) is 6.10 Å². The van der Waals surface area contributed by atoms with Crippen LogP contribution in [0, 0.1) is 6.92 Å². The molecule has 2 heterocycles. The van der Waals surface area contributed by atoms with Crippen LogP contribution in [0.4, 0.5) is 0 Å². The van der Waals surface area contributed by atoms with E-state index in [4.69, 9.17) is 0 Å². The van der Waals surface area contributed by atoms with Gasteiger partial charge in [-0.25, -0.2) is 0 Å². The lowest BCUT2D eigenvalue weighted by molar-refractivity contribution is 0.167. The molecule has 2 aromatic rings. The molecular formula is C13H15NOS. The summed E-state index contributed by atoms with van der Waals surface area (Å²) in [6.45, 7) is 2.05. The zero-order chi connectivity index (χ0) is 11.4. The molecule has 0 aliphatic heterocycles. The van der Waals surface area contributed by atoms with Crippen LogP contribution in [0.2, 0.25) is 0 Å². The molecule has 0 aliphatic rings. The molecule has 2 aromatic heterocycles. The molecule has 0 bridgehead atoms. The highest BCUT2D eigenvalue weighted by atomic mass is 32.1. The normalized spacial score (nSPS) is 12.6. The maximum Gasteiger partial charge on any atom is 0.0803 e. The number of nitrogens with zero attached hydrogens (tertiary/aromatic N) is 1. The first-order chi connectivity index (χ1) is 7.77. The van der Waals surface area contributed by atoms with E-state index in [1.165, 1.54) is 10.4 Å². The summed E-state index contributed by atoms with van der Waals surface area (Å²) in [6.07, 6.45) is 4.88. The smallest absolute Gasteiger partial charge is 0.0803 e. The molecule has 2 rings (SSSR count). The van der Waals surface area contributed by atoms with Gasteiger partial charge in [0.25, 0.3) is 0 Å². The summed E-state index contributed by atoms with van der Waals surface area (Å²) >= 11 is 1.68. The van der Waals surface area contributed by atoms with Crippen LogP contribution in [0.5, 0.6) is 0 Å². The summed E-state index contributed by atoms with van der Waals surface area (Å²) in [7, 11) is 0. The van der Waals surface area contributed by atoms with E-state index in [2.05, 4.69) is 4.98 Å². The van der Waals surface area contributed by atoms with Crippen LogP contribution in [0.3, 0.4) is 0 Å². The monoisotopic (exact) mass is 233 g/mol. The van der Waals surface area contributed by atoms with Gasteiger partial charge >= 0.3 is 0 Å². The minimum atomic E-state index is -0.355. The van der Waals surface area contributed by atoms with Crippen molar-refractivity contribution in [1.82, 2.24) is 4.98 Å². The Bertz CT molecular complexity index is 438. The average molecular weight is 233 g/mol. The Labute approximate surface area is 99.6 Å². The van der Waals surface area contributed by atoms with Gasteiger partial charge in [-0.05, 0) is 48.4 Å². The number of rotatable bonds is 4. The molecule has 0 saturated heterocycles. The highest BCUT2D eigenvalue weighted by molar-refractivity contribution is 7.10. The van der Waals surface area contributed by atoms with Crippen molar-refractivity contribution in [3.63, 3.8) is 0 Å². The first kappa shape index (κ1) is 11.3. The van der Waals surface area contributed by atoms with E-state index in [1.807, 2.05) is 36.7 Å². The Morgan fingerprint density at radius 1 is 1.44 bits per heavy atom. The minimum Gasteiger partial charge on any atom is -0.388 e. The highest BCUT2D eigenvalue weighted by Gasteiger charge is 2.11. The molecule has 0 amide bonds. The van der Waals surface area contributed by atoms with E-state index in [0.717, 1.165) is 18.4 Å². The van der Waals surface area contributed by atoms with E-state index in [0.29, 0.717) is 0 Å². The number of pyridine rings is 1. The van der Waals surface area contributed by atoms with Gasteiger partial charge in [0.05, 0.1) is 6.10 Å². The third-order valence-corrected chi connectivity index (χ3v) is 3.55. The SMILES string of the molecule is Cc1sccc1C(O)CCc1cccnc1. The molecular weight excluding hydrogens is 218 g/mol. The van der Waals surface area contributed by atoms with Crippen molar-refractivity contribution in [2.24, 2.45) is 0 Å². The zero-order valence-electron chi connectivity index (χ0n) is 9.26. The fourth-order valence-corrected chi connectivity index (χ4v) is 2.50. The molecule has 2 nitrogen and oxygen atoms in total. The van der Waals surface area contributed by atoms with Crippen molar-refractivity contribution in [1.29, 1.82) is 0 Å². The topological polar surface area (TPSA) is 33.1 Å². The van der Waals surface area contributed by atoms with Crippen molar-refractivity contribution >= 4 is 11.3 Å². The van der Waals surface area contributed by atoms with Crippen molar-refractivity contribution in [2.75, 3.05) is 0 Å². The summed E-state index contributed by atoms with van der Waals surface area (Å²) in [5.74, 6) is 0. The van der Waals surface area contributed by atoms with Crippen molar-refractivity contribution < 1.29 is 5.11 Å². The van der Waals surface area contributed by atoms with Gasteiger partial charge in [-0.1, -0.05) is 6.07 Å². The number of aliphatic hydroxyl groups is 1. The molecule has 0 radical (unpaired) electrons. The Balaban J connectivity index is 1.94. The minimum absolute atomic E-state index is 0.355. The van der Waals surface area contributed by atoms with Gasteiger partial charge in [-0.3, -0.25) is 4.98 Å². The van der Waals surface area contributed by atoms with Crippen LogP contribution >= 0.6 is 11.3 Å². The summed E-state index contributed by atoms with van der Waals surface area (Å²) in [4.78, 5) is 5.27. The van der Waals surface area contributed by atoms with Crippen molar-refractivity contribution in [3.05, 3.63) is 52.0 Å². The van der Waals surface area contributed by atoms with E-state index in [9.17, 15) is 5.11 Å². The Hall–Kier alpha value is -1.19. The standard InChI is InChI=1S/C13H15NOS/c1-10-12(6-8-16-10)13(15)5-4-11-3-2-7-14-9-11/h2-3,6-9,13,15H,4-5H2,1H3. The number of aliphatic hydroxyl groups excluding tert-OH is 1. The molecule has 1 unspecified atom stereocenters. The Morgan fingerprint density at radius 2 is 2.31 bits per heavy atom. The largest absolute Gasteiger partial charge is 0.388 e. The van der Waals surface area contributed by atoms with E-state index >= 15 is 0 Å². The molecule has 16 heavy (non-hydrogen) atoms. The number of aryl methyl sites for hydroxylation is 2. The second-order valence-electron chi connectivity index (χ2n) is 3.85. The predicted octanol–water partition coefficient (Wildman–Crippen LogP) is 3.12. The molecule has 84 valence electrons. The molecule has 0 fully saturated rings. The molecule has 0 aliphatic carbocycles. The maximum atomic E-state index is 10.0. The molecule has 0 spiro atoms. The fourth-order valence-electron chi connectivity index (χ4n) is 1.75. The summed E-state index contributed by atoms with van der Waals surface area (Å²) in [6, 6.07) is 5.98. The molecule has 1 N–H and O–H groups in total. The van der Waals surface area contributed by atoms with Gasteiger partial charge < -0.3 is 5.11 Å². The maximum absolute atomic E-state index is 10.0. The van der Waals surface area contributed by atoms with Gasteiger partial charge in [0.2, 0.25) is 0 Å². The van der Waals surface area contributed by atoms with Gasteiger partial charge in [0.1, 0.15) is 0 Å². The lowest BCUT2D eigenvalue weighted by Crippen LogP contribution is -1.99. The zero-order valence-corrected chi connectivity index (χ0v) is 10.1. The van der Waals surface area contributed by atoms with Crippen LogP contribution in [-0.4, -0.2) is 10.1 Å². The van der Waals surface area contributed by atoms with Crippen molar-refractivity contribution in [2.45, 2.75) is 25.9 Å². The van der Waals surface area contributed by atoms with Crippen LogP contribution < -0.4 is 0 Å². The van der Waals surface area contributed by atoms with Crippen LogP contribution in [0.15, 0.2) is 36.0 Å². The summed E-state index contributed by atoms with van der Waals surface area (Å²) in [5.41, 5.74) is 2.24. The lowest BCUT2D eigenvalue weighted by atomic mass is 10.0. The van der Waals surface area contributed by atoms with Gasteiger partial charge in [-0.2, -0.15) is 0 Å². The second-order valence-corrected chi connectivity index (χ2v) is 4.97. The molecule has 0 aromatic carbocycles. The quantitative estimate of drug-likeness (QED) is 0.880. The first-order valence-electron chi connectivity index (χ1n) is 5.38. The Kier molecular flexibility index (Phi) is 3.70. The molecule has 0 saturated carbocycles. The third kappa shape index (κ3) is 2.68. The Morgan fingerprint density at radius 3 is 2.94 bits per heavy atom. The van der Waals surface area contributed by atoms with Crippen LogP contribution in [0.25, 0.3) is 0 Å². The number of thiophene rings is 1. The third-order valence-electron chi connectivity index (χ3n) is 2.69. The predicted molar refractivity (Wildman–Crippen MR) is 66.6 cm³/mol. The van der Waals surface area contributed by atoms with Gasteiger partial charge in [0, 0.05) is 17.3 Å². The average Bonchev–Trinajstić information content (AvgIpc) is 2.74. The molecule has 1 atom stereocenters. The van der Waals surface area contributed by atoms with E-state index < -0.39 is 0 Å². The van der Waals surface area contributed by atoms with Crippen LogP contribution in [-0.2, 0) is 6.42 Å². The number of hydrogen-bond acceptors (Lipinski definition) is 3. The fraction of sp³-hybridized carbons (Fsp3) is 0.308. The lowest BCUT2D eigenvalue weighted by Gasteiger charge is -2.10. The van der Waals surface area contributed by atoms with E-state index in [1.54, 1.807) is 17.5 Å².